The summed E-state index contributed by atoms with van der Waals surface area (Å²) in [6.45, 7) is 0.336. The molecule has 1 aliphatic carbocycles. The maximum absolute atomic E-state index is 11.3. The third kappa shape index (κ3) is 2.77. The third-order valence-corrected chi connectivity index (χ3v) is 1.95. The van der Waals surface area contributed by atoms with Crippen LogP contribution in [0.15, 0.2) is 18.5 Å². The largest absolute Gasteiger partial charge is 0.306 e. The van der Waals surface area contributed by atoms with Gasteiger partial charge in [0.25, 0.3) is 0 Å². The predicted octanol–water partition coefficient (Wildman–Crippen LogP) is 0.167. The fourth-order valence-electron chi connectivity index (χ4n) is 1.06. The van der Waals surface area contributed by atoms with E-state index in [0.717, 1.165) is 0 Å². The number of anilines is 1. The van der Waals surface area contributed by atoms with Crippen molar-refractivity contribution in [3.05, 3.63) is 18.5 Å². The molecule has 1 fully saturated rings. The zero-order valence-electron chi connectivity index (χ0n) is 7.73. The van der Waals surface area contributed by atoms with Gasteiger partial charge in [-0.3, -0.25) is 10.1 Å². The van der Waals surface area contributed by atoms with E-state index in [4.69, 9.17) is 0 Å². The smallest absolute Gasteiger partial charge is 0.240 e. The molecular weight excluding hydrogens is 180 g/mol. The van der Waals surface area contributed by atoms with E-state index in [-0.39, 0.29) is 5.91 Å². The predicted molar refractivity (Wildman–Crippen MR) is 51.7 cm³/mol. The Balaban J connectivity index is 1.76. The van der Waals surface area contributed by atoms with E-state index in [1.165, 1.54) is 12.8 Å². The van der Waals surface area contributed by atoms with Gasteiger partial charge in [-0.05, 0) is 18.9 Å². The minimum Gasteiger partial charge on any atom is -0.306 e. The Hall–Kier alpha value is -1.49. The fourth-order valence-corrected chi connectivity index (χ4v) is 1.06. The monoisotopic (exact) mass is 192 g/mol. The summed E-state index contributed by atoms with van der Waals surface area (Å²) in [5.41, 5.74) is 0. The van der Waals surface area contributed by atoms with Gasteiger partial charge in [0.15, 0.2) is 0 Å². The molecule has 0 radical (unpaired) electrons. The van der Waals surface area contributed by atoms with Crippen LogP contribution in [0, 0.1) is 0 Å². The molecule has 0 aromatic carbocycles. The van der Waals surface area contributed by atoms with E-state index in [2.05, 4.69) is 20.6 Å². The molecule has 1 heterocycles. The minimum atomic E-state index is -0.0944. The van der Waals surface area contributed by atoms with Crippen molar-refractivity contribution in [3.8, 4) is 0 Å². The second-order valence-electron chi connectivity index (χ2n) is 3.28. The maximum Gasteiger partial charge on any atom is 0.240 e. The molecule has 1 aromatic rings. The second-order valence-corrected chi connectivity index (χ2v) is 3.28. The Morgan fingerprint density at radius 2 is 2.14 bits per heavy atom. The molecule has 0 atom stereocenters. The number of hydrogen-bond acceptors (Lipinski definition) is 4. The fraction of sp³-hybridized carbons (Fsp3) is 0.444. The van der Waals surface area contributed by atoms with Gasteiger partial charge >= 0.3 is 0 Å². The Bertz CT molecular complexity index is 310. The van der Waals surface area contributed by atoms with E-state index in [9.17, 15) is 4.79 Å². The zero-order chi connectivity index (χ0) is 9.80. The van der Waals surface area contributed by atoms with E-state index in [0.29, 0.717) is 18.5 Å². The topological polar surface area (TPSA) is 66.9 Å². The average molecular weight is 192 g/mol. The third-order valence-electron chi connectivity index (χ3n) is 1.95. The summed E-state index contributed by atoms with van der Waals surface area (Å²) in [4.78, 5) is 19.1. The van der Waals surface area contributed by atoms with Crippen molar-refractivity contribution < 1.29 is 4.79 Å². The van der Waals surface area contributed by atoms with Crippen LogP contribution in [0.5, 0.6) is 0 Å². The van der Waals surface area contributed by atoms with E-state index in [1.54, 1.807) is 18.5 Å². The van der Waals surface area contributed by atoms with Crippen molar-refractivity contribution in [1.82, 2.24) is 15.3 Å². The summed E-state index contributed by atoms with van der Waals surface area (Å²) in [5.74, 6) is 0.262. The van der Waals surface area contributed by atoms with Gasteiger partial charge in [0.2, 0.25) is 11.9 Å². The molecule has 1 aromatic heterocycles. The maximum atomic E-state index is 11.3. The first-order valence-electron chi connectivity index (χ1n) is 4.65. The van der Waals surface area contributed by atoms with Gasteiger partial charge in [0, 0.05) is 18.4 Å². The van der Waals surface area contributed by atoms with Gasteiger partial charge in [-0.15, -0.1) is 0 Å². The first kappa shape index (κ1) is 9.08. The van der Waals surface area contributed by atoms with Crippen LogP contribution >= 0.6 is 0 Å². The number of amides is 1. The molecule has 0 unspecified atom stereocenters. The highest BCUT2D eigenvalue weighted by molar-refractivity contribution is 5.90. The lowest BCUT2D eigenvalue weighted by molar-refractivity contribution is -0.115. The van der Waals surface area contributed by atoms with Gasteiger partial charge in [-0.1, -0.05) is 0 Å². The molecule has 0 aliphatic heterocycles. The van der Waals surface area contributed by atoms with Crippen LogP contribution in [0.1, 0.15) is 12.8 Å². The highest BCUT2D eigenvalue weighted by Gasteiger charge is 2.21. The first-order valence-corrected chi connectivity index (χ1v) is 4.65. The van der Waals surface area contributed by atoms with Crippen molar-refractivity contribution in [3.63, 3.8) is 0 Å². The van der Waals surface area contributed by atoms with Gasteiger partial charge < -0.3 is 5.32 Å². The van der Waals surface area contributed by atoms with Gasteiger partial charge in [0.05, 0.1) is 6.54 Å². The molecule has 0 saturated heterocycles. The lowest BCUT2D eigenvalue weighted by Crippen LogP contribution is -2.29. The van der Waals surface area contributed by atoms with Gasteiger partial charge in [0.1, 0.15) is 0 Å². The Labute approximate surface area is 82.0 Å². The number of hydrogen-bond donors (Lipinski definition) is 2. The zero-order valence-corrected chi connectivity index (χ0v) is 7.73. The number of nitrogens with one attached hydrogen (secondary N) is 2. The van der Waals surface area contributed by atoms with Crippen molar-refractivity contribution in [2.75, 3.05) is 11.9 Å². The Morgan fingerprint density at radius 3 is 2.79 bits per heavy atom. The lowest BCUT2D eigenvalue weighted by atomic mass is 10.5. The van der Waals surface area contributed by atoms with Crippen molar-refractivity contribution in [2.45, 2.75) is 18.9 Å². The highest BCUT2D eigenvalue weighted by Crippen LogP contribution is 2.17. The van der Waals surface area contributed by atoms with Crippen LogP contribution in [0.2, 0.25) is 0 Å². The number of carbonyl (C=O) groups excluding carboxylic acids is 1. The molecule has 2 N–H and O–H groups in total. The summed E-state index contributed by atoms with van der Waals surface area (Å²) in [5, 5.41) is 5.71. The summed E-state index contributed by atoms with van der Waals surface area (Å²) in [6.07, 6.45) is 5.54. The van der Waals surface area contributed by atoms with E-state index >= 15 is 0 Å². The first-order chi connectivity index (χ1) is 6.84. The molecule has 5 heteroatoms. The molecule has 74 valence electrons. The van der Waals surface area contributed by atoms with Crippen molar-refractivity contribution >= 4 is 11.9 Å². The van der Waals surface area contributed by atoms with Crippen LogP contribution < -0.4 is 10.6 Å². The molecule has 1 saturated carbocycles. The lowest BCUT2D eigenvalue weighted by Gasteiger charge is -2.03. The molecule has 0 bridgehead atoms. The minimum absolute atomic E-state index is 0.0944. The van der Waals surface area contributed by atoms with E-state index in [1.807, 2.05) is 0 Å². The summed E-state index contributed by atoms with van der Waals surface area (Å²) in [6, 6.07) is 2.25. The highest BCUT2D eigenvalue weighted by atomic mass is 16.2. The number of rotatable bonds is 4. The van der Waals surface area contributed by atoms with Gasteiger partial charge in [-0.25, -0.2) is 9.97 Å². The second kappa shape index (κ2) is 4.15. The molecule has 5 nitrogen and oxygen atoms in total. The van der Waals surface area contributed by atoms with Gasteiger partial charge in [-0.2, -0.15) is 0 Å². The summed E-state index contributed by atoms with van der Waals surface area (Å²) < 4.78 is 0. The standard InChI is InChI=1S/C9H12N4O/c14-8(6-12-7-2-3-7)13-9-10-4-1-5-11-9/h1,4-5,7,12H,2-3,6H2,(H,10,11,13,14). The molecule has 2 rings (SSSR count). The van der Waals surface area contributed by atoms with Crippen LogP contribution in [0.3, 0.4) is 0 Å². The normalized spacial score (nSPS) is 15.1. The molecule has 14 heavy (non-hydrogen) atoms. The molecule has 1 aliphatic rings. The quantitative estimate of drug-likeness (QED) is 0.713. The number of aromatic nitrogens is 2. The van der Waals surface area contributed by atoms with E-state index < -0.39 is 0 Å². The van der Waals surface area contributed by atoms with Crippen molar-refractivity contribution in [2.24, 2.45) is 0 Å². The summed E-state index contributed by atoms with van der Waals surface area (Å²) >= 11 is 0. The Morgan fingerprint density at radius 1 is 1.43 bits per heavy atom. The van der Waals surface area contributed by atoms with Crippen LogP contribution in [-0.4, -0.2) is 28.5 Å². The summed E-state index contributed by atoms with van der Waals surface area (Å²) in [7, 11) is 0. The SMILES string of the molecule is O=C(CNC1CC1)Nc1ncccn1. The Kier molecular flexibility index (Phi) is 2.69. The molecule has 0 spiro atoms. The van der Waals surface area contributed by atoms with Crippen LogP contribution in [-0.2, 0) is 4.79 Å². The molecular formula is C9H12N4O. The van der Waals surface area contributed by atoms with Crippen molar-refractivity contribution in [1.29, 1.82) is 0 Å². The van der Waals surface area contributed by atoms with Crippen LogP contribution in [0.25, 0.3) is 0 Å². The molecule has 1 amide bonds. The number of carbonyl (C=O) groups is 1. The van der Waals surface area contributed by atoms with Crippen LogP contribution in [0.4, 0.5) is 5.95 Å². The average Bonchev–Trinajstić information content (AvgIpc) is 3.00. The number of nitrogens with zero attached hydrogens (tertiary/aromatic N) is 2.